The first-order valence-electron chi connectivity index (χ1n) is 5.60. The lowest BCUT2D eigenvalue weighted by molar-refractivity contribution is 0.102. The van der Waals surface area contributed by atoms with E-state index in [0.29, 0.717) is 23.7 Å². The second-order valence-corrected chi connectivity index (χ2v) is 3.48. The van der Waals surface area contributed by atoms with Gasteiger partial charge in [0, 0.05) is 18.6 Å². The van der Waals surface area contributed by atoms with Crippen molar-refractivity contribution in [3.63, 3.8) is 0 Å². The molecule has 0 aromatic carbocycles. The number of hydrogen-bond acceptors (Lipinski definition) is 4. The zero-order valence-corrected chi connectivity index (χ0v) is 9.96. The largest absolute Gasteiger partial charge is 0.476 e. The first kappa shape index (κ1) is 12.0. The molecule has 0 fully saturated rings. The maximum Gasteiger partial charge on any atom is 0.257 e. The van der Waals surface area contributed by atoms with Crippen LogP contribution >= 0.6 is 0 Å². The van der Waals surface area contributed by atoms with Gasteiger partial charge in [0.25, 0.3) is 5.91 Å². The molecule has 0 radical (unpaired) electrons. The van der Waals surface area contributed by atoms with Crippen molar-refractivity contribution in [2.75, 3.05) is 11.9 Å². The zero-order valence-electron chi connectivity index (χ0n) is 9.96. The van der Waals surface area contributed by atoms with Gasteiger partial charge in [-0.2, -0.15) is 0 Å². The molecule has 2 rings (SSSR count). The van der Waals surface area contributed by atoms with E-state index in [0.717, 1.165) is 0 Å². The maximum absolute atomic E-state index is 11.9. The second kappa shape index (κ2) is 5.77. The van der Waals surface area contributed by atoms with Crippen LogP contribution in [0, 0.1) is 0 Å². The Morgan fingerprint density at radius 3 is 2.89 bits per heavy atom. The highest BCUT2D eigenvalue weighted by Gasteiger charge is 2.10. The Kier molecular flexibility index (Phi) is 3.86. The molecule has 2 aromatic rings. The first-order chi connectivity index (χ1) is 8.81. The molecule has 5 heteroatoms. The lowest BCUT2D eigenvalue weighted by Crippen LogP contribution is -2.13. The van der Waals surface area contributed by atoms with Crippen LogP contribution in [0.4, 0.5) is 5.69 Å². The van der Waals surface area contributed by atoms with Gasteiger partial charge in [-0.1, -0.05) is 0 Å². The van der Waals surface area contributed by atoms with Crippen molar-refractivity contribution in [3.05, 3.63) is 48.4 Å². The van der Waals surface area contributed by atoms with Gasteiger partial charge in [-0.3, -0.25) is 9.78 Å². The van der Waals surface area contributed by atoms with Gasteiger partial charge in [-0.25, -0.2) is 4.98 Å². The van der Waals surface area contributed by atoms with Gasteiger partial charge in [0.2, 0.25) is 5.88 Å². The van der Waals surface area contributed by atoms with Gasteiger partial charge in [0.1, 0.15) is 5.69 Å². The molecule has 0 atom stereocenters. The molecular formula is C13H13N3O2. The second-order valence-electron chi connectivity index (χ2n) is 3.48. The normalized spacial score (nSPS) is 9.83. The van der Waals surface area contributed by atoms with Crippen LogP contribution in [0.5, 0.6) is 5.88 Å². The molecule has 0 aliphatic carbocycles. The quantitative estimate of drug-likeness (QED) is 0.893. The van der Waals surface area contributed by atoms with Gasteiger partial charge in [0.15, 0.2) is 0 Å². The van der Waals surface area contributed by atoms with Crippen LogP contribution in [-0.4, -0.2) is 22.5 Å². The SMILES string of the molecule is CCOc1ncccc1NC(=O)c1cccnc1. The van der Waals surface area contributed by atoms with E-state index in [1.54, 1.807) is 36.7 Å². The van der Waals surface area contributed by atoms with Gasteiger partial charge < -0.3 is 10.1 Å². The Morgan fingerprint density at radius 2 is 2.17 bits per heavy atom. The fourth-order valence-corrected chi connectivity index (χ4v) is 1.43. The van der Waals surface area contributed by atoms with Crippen molar-refractivity contribution < 1.29 is 9.53 Å². The molecule has 0 aliphatic heterocycles. The number of aromatic nitrogens is 2. The molecule has 18 heavy (non-hydrogen) atoms. The van der Waals surface area contributed by atoms with Gasteiger partial charge >= 0.3 is 0 Å². The molecule has 92 valence electrons. The minimum absolute atomic E-state index is 0.239. The summed E-state index contributed by atoms with van der Waals surface area (Å²) in [5.74, 6) is 0.175. The molecule has 1 N–H and O–H groups in total. The number of hydrogen-bond donors (Lipinski definition) is 1. The molecule has 0 aliphatic rings. The lowest BCUT2D eigenvalue weighted by Gasteiger charge is -2.09. The predicted octanol–water partition coefficient (Wildman–Crippen LogP) is 2.13. The van der Waals surface area contributed by atoms with Crippen molar-refractivity contribution in [1.82, 2.24) is 9.97 Å². The van der Waals surface area contributed by atoms with Crippen LogP contribution in [0.1, 0.15) is 17.3 Å². The van der Waals surface area contributed by atoms with E-state index in [1.807, 2.05) is 6.92 Å². The summed E-state index contributed by atoms with van der Waals surface area (Å²) in [6.07, 6.45) is 4.74. The van der Waals surface area contributed by atoms with Crippen molar-refractivity contribution in [2.24, 2.45) is 0 Å². The van der Waals surface area contributed by atoms with Gasteiger partial charge in [0.05, 0.1) is 12.2 Å². The number of anilines is 1. The summed E-state index contributed by atoms with van der Waals surface area (Å²) >= 11 is 0. The lowest BCUT2D eigenvalue weighted by atomic mass is 10.2. The van der Waals surface area contributed by atoms with E-state index in [1.165, 1.54) is 6.20 Å². The highest BCUT2D eigenvalue weighted by molar-refractivity contribution is 6.04. The van der Waals surface area contributed by atoms with Gasteiger partial charge in [-0.15, -0.1) is 0 Å². The molecule has 0 saturated heterocycles. The van der Waals surface area contributed by atoms with Crippen LogP contribution in [-0.2, 0) is 0 Å². The number of rotatable bonds is 4. The maximum atomic E-state index is 11.9. The monoisotopic (exact) mass is 243 g/mol. The summed E-state index contributed by atoms with van der Waals surface area (Å²) in [4.78, 5) is 19.9. The van der Waals surface area contributed by atoms with E-state index in [4.69, 9.17) is 4.74 Å². The average Bonchev–Trinajstić information content (AvgIpc) is 2.42. The fraction of sp³-hybridized carbons (Fsp3) is 0.154. The molecule has 2 heterocycles. The minimum Gasteiger partial charge on any atom is -0.476 e. The minimum atomic E-state index is -0.239. The fourth-order valence-electron chi connectivity index (χ4n) is 1.43. The molecule has 0 saturated carbocycles. The number of ether oxygens (including phenoxy) is 1. The third kappa shape index (κ3) is 2.82. The van der Waals surface area contributed by atoms with Crippen LogP contribution in [0.25, 0.3) is 0 Å². The Balaban J connectivity index is 2.17. The van der Waals surface area contributed by atoms with Crippen molar-refractivity contribution >= 4 is 11.6 Å². The average molecular weight is 243 g/mol. The van der Waals surface area contributed by atoms with Crippen LogP contribution in [0.2, 0.25) is 0 Å². The Morgan fingerprint density at radius 1 is 1.33 bits per heavy atom. The Bertz CT molecular complexity index is 529. The van der Waals surface area contributed by atoms with Crippen LogP contribution in [0.3, 0.4) is 0 Å². The summed E-state index contributed by atoms with van der Waals surface area (Å²) < 4.78 is 5.33. The van der Waals surface area contributed by atoms with E-state index in [-0.39, 0.29) is 5.91 Å². The third-order valence-corrected chi connectivity index (χ3v) is 2.22. The van der Waals surface area contributed by atoms with Crippen molar-refractivity contribution in [3.8, 4) is 5.88 Å². The van der Waals surface area contributed by atoms with Crippen LogP contribution in [0.15, 0.2) is 42.9 Å². The summed E-state index contributed by atoms with van der Waals surface area (Å²) in [6, 6.07) is 6.88. The molecule has 2 aromatic heterocycles. The molecule has 0 bridgehead atoms. The Hall–Kier alpha value is -2.43. The third-order valence-electron chi connectivity index (χ3n) is 2.22. The Labute approximate surface area is 105 Å². The molecular weight excluding hydrogens is 230 g/mol. The number of amides is 1. The number of nitrogens with zero attached hydrogens (tertiary/aromatic N) is 2. The van der Waals surface area contributed by atoms with E-state index in [2.05, 4.69) is 15.3 Å². The molecule has 5 nitrogen and oxygen atoms in total. The van der Waals surface area contributed by atoms with E-state index >= 15 is 0 Å². The summed E-state index contributed by atoms with van der Waals surface area (Å²) in [5, 5.41) is 2.75. The first-order valence-corrected chi connectivity index (χ1v) is 5.60. The number of carbonyl (C=O) groups is 1. The summed E-state index contributed by atoms with van der Waals surface area (Å²) in [6.45, 7) is 2.36. The molecule has 0 unspecified atom stereocenters. The van der Waals surface area contributed by atoms with Crippen molar-refractivity contribution in [1.29, 1.82) is 0 Å². The topological polar surface area (TPSA) is 64.1 Å². The van der Waals surface area contributed by atoms with Crippen LogP contribution < -0.4 is 10.1 Å². The number of nitrogens with one attached hydrogen (secondary N) is 1. The standard InChI is InChI=1S/C13H13N3O2/c1-2-18-13-11(6-4-8-15-13)16-12(17)10-5-3-7-14-9-10/h3-9H,2H2,1H3,(H,16,17). The summed E-state index contributed by atoms with van der Waals surface area (Å²) in [5.41, 5.74) is 1.04. The number of carbonyl (C=O) groups excluding carboxylic acids is 1. The molecule has 0 spiro atoms. The number of pyridine rings is 2. The van der Waals surface area contributed by atoms with E-state index in [9.17, 15) is 4.79 Å². The predicted molar refractivity (Wildman–Crippen MR) is 67.6 cm³/mol. The molecule has 1 amide bonds. The zero-order chi connectivity index (χ0) is 12.8. The summed E-state index contributed by atoms with van der Waals surface area (Å²) in [7, 11) is 0. The highest BCUT2D eigenvalue weighted by atomic mass is 16.5. The smallest absolute Gasteiger partial charge is 0.257 e. The van der Waals surface area contributed by atoms with Gasteiger partial charge in [-0.05, 0) is 31.2 Å². The highest BCUT2D eigenvalue weighted by Crippen LogP contribution is 2.20. The van der Waals surface area contributed by atoms with Crippen molar-refractivity contribution in [2.45, 2.75) is 6.92 Å². The van der Waals surface area contributed by atoms with E-state index < -0.39 is 0 Å².